The van der Waals surface area contributed by atoms with Crippen molar-refractivity contribution < 1.29 is 51.3 Å². The molecule has 1 aliphatic heterocycles. The number of benzene rings is 2. The van der Waals surface area contributed by atoms with E-state index < -0.39 is 89.4 Å². The molecule has 0 saturated carbocycles. The van der Waals surface area contributed by atoms with Gasteiger partial charge in [-0.05, 0) is 62.8 Å². The van der Waals surface area contributed by atoms with Crippen LogP contribution in [0.5, 0.6) is 5.75 Å². The van der Waals surface area contributed by atoms with Crippen molar-refractivity contribution in [1.29, 1.82) is 0 Å². The van der Waals surface area contributed by atoms with Gasteiger partial charge in [0.05, 0.1) is 12.5 Å². The van der Waals surface area contributed by atoms with E-state index in [1.54, 1.807) is 39.0 Å². The number of nitrogens with zero attached hydrogens (tertiary/aromatic N) is 1. The summed E-state index contributed by atoms with van der Waals surface area (Å²) >= 11 is 6.13. The Morgan fingerprint density at radius 3 is 2.10 bits per heavy atom. The second-order valence-corrected chi connectivity index (χ2v) is 14.0. The molecule has 1 saturated heterocycles. The lowest BCUT2D eigenvalue weighted by atomic mass is 9.86. The van der Waals surface area contributed by atoms with Crippen LogP contribution in [0.15, 0.2) is 24.3 Å². The molecule has 48 heavy (non-hydrogen) atoms. The number of piperidine rings is 1. The van der Waals surface area contributed by atoms with Crippen LogP contribution in [0.1, 0.15) is 66.4 Å². The molecule has 10 nitrogen and oxygen atoms in total. The van der Waals surface area contributed by atoms with Crippen LogP contribution in [0.25, 0.3) is 0 Å². The molecule has 0 spiro atoms. The smallest absolute Gasteiger partial charge is 0.313 e. The summed E-state index contributed by atoms with van der Waals surface area (Å²) in [5, 5.41) is 16.4. The maximum Gasteiger partial charge on any atom is 0.313 e. The van der Waals surface area contributed by atoms with Gasteiger partial charge >= 0.3 is 17.8 Å². The van der Waals surface area contributed by atoms with Gasteiger partial charge in [-0.2, -0.15) is 8.78 Å². The maximum absolute atomic E-state index is 14.1. The van der Waals surface area contributed by atoms with Gasteiger partial charge in [-0.15, -0.1) is 0 Å². The first-order valence-corrected chi connectivity index (χ1v) is 15.6. The van der Waals surface area contributed by atoms with Crippen molar-refractivity contribution in [2.45, 2.75) is 84.0 Å². The van der Waals surface area contributed by atoms with Crippen LogP contribution < -0.4 is 15.4 Å². The van der Waals surface area contributed by atoms with E-state index in [4.69, 9.17) is 21.1 Å². The molecule has 2 aromatic rings. The number of amides is 3. The van der Waals surface area contributed by atoms with Crippen molar-refractivity contribution in [3.63, 3.8) is 0 Å². The number of carbonyl (C=O) groups excluding carboxylic acids is 4. The number of aliphatic hydroxyl groups excluding tert-OH is 1. The molecule has 2 atom stereocenters. The molecule has 1 fully saturated rings. The Morgan fingerprint density at radius 1 is 0.979 bits per heavy atom. The SMILES string of the molecule is CC(C)(C)OC(=O)C[C@H](NC(=O)C1CCN(C(=O)C(=O)Nc2ccc(Cl)cc2C(C)(C)C)CC1)C(O)COc1c(F)c(F)cc(F)c1F. The minimum atomic E-state index is -1.83. The summed E-state index contributed by atoms with van der Waals surface area (Å²) in [6.07, 6.45) is -2.12. The van der Waals surface area contributed by atoms with Gasteiger partial charge in [-0.1, -0.05) is 32.4 Å². The second kappa shape index (κ2) is 15.5. The van der Waals surface area contributed by atoms with Crippen LogP contribution in [-0.4, -0.2) is 71.1 Å². The fraction of sp³-hybridized carbons (Fsp3) is 0.515. The minimum absolute atomic E-state index is 0.00670. The monoisotopic (exact) mass is 701 g/mol. The maximum atomic E-state index is 14.1. The van der Waals surface area contributed by atoms with Crippen molar-refractivity contribution in [2.24, 2.45) is 5.92 Å². The molecule has 15 heteroatoms. The molecule has 0 radical (unpaired) electrons. The number of hydrogen-bond acceptors (Lipinski definition) is 7. The summed E-state index contributed by atoms with van der Waals surface area (Å²) < 4.78 is 65.5. The normalized spacial score (nSPS) is 15.4. The van der Waals surface area contributed by atoms with Gasteiger partial charge in [0.15, 0.2) is 17.4 Å². The number of ether oxygens (including phenoxy) is 2. The van der Waals surface area contributed by atoms with Crippen molar-refractivity contribution in [3.8, 4) is 5.75 Å². The molecule has 2 aromatic carbocycles. The Balaban J connectivity index is 1.65. The second-order valence-electron chi connectivity index (χ2n) is 13.5. The van der Waals surface area contributed by atoms with Gasteiger partial charge < -0.3 is 30.1 Å². The number of carbonyl (C=O) groups is 4. The number of nitrogens with one attached hydrogen (secondary N) is 2. The van der Waals surface area contributed by atoms with Crippen molar-refractivity contribution >= 4 is 41.0 Å². The molecule has 264 valence electrons. The molecular weight excluding hydrogens is 662 g/mol. The zero-order valence-corrected chi connectivity index (χ0v) is 28.3. The molecular formula is C33H40ClF4N3O7. The third kappa shape index (κ3) is 10.3. The van der Waals surface area contributed by atoms with Gasteiger partial charge in [-0.3, -0.25) is 19.2 Å². The quantitative estimate of drug-likeness (QED) is 0.145. The van der Waals surface area contributed by atoms with Crippen LogP contribution >= 0.6 is 11.6 Å². The van der Waals surface area contributed by atoms with Crippen molar-refractivity contribution in [2.75, 3.05) is 25.0 Å². The van der Waals surface area contributed by atoms with E-state index in [0.29, 0.717) is 10.7 Å². The summed E-state index contributed by atoms with van der Waals surface area (Å²) in [7, 11) is 0. The summed E-state index contributed by atoms with van der Waals surface area (Å²) in [6.45, 7) is 9.70. The zero-order chi connectivity index (χ0) is 36.1. The highest BCUT2D eigenvalue weighted by molar-refractivity contribution is 6.39. The Bertz CT molecular complexity index is 1510. The van der Waals surface area contributed by atoms with Crippen molar-refractivity contribution in [1.82, 2.24) is 10.2 Å². The standard InChI is InChI=1S/C33H40ClF4N3O7/c1-32(2,3)19-13-18(34)7-8-22(19)39-30(45)31(46)41-11-9-17(10-12-41)29(44)40-23(15-25(43)48-33(4,5)6)24(42)16-47-28-26(37)20(35)14-21(36)27(28)38/h7-8,13-14,17,23-24,42H,9-12,15-16H2,1-6H3,(H,39,45)(H,40,44)/t23-,24?/m0/s1. The molecule has 3 N–H and O–H groups in total. The fourth-order valence-corrected chi connectivity index (χ4v) is 5.19. The van der Waals surface area contributed by atoms with Gasteiger partial charge in [0, 0.05) is 35.8 Å². The third-order valence-electron chi connectivity index (χ3n) is 7.45. The van der Waals surface area contributed by atoms with E-state index in [9.17, 15) is 41.8 Å². The lowest BCUT2D eigenvalue weighted by Crippen LogP contribution is -2.51. The molecule has 1 heterocycles. The number of likely N-dealkylation sites (tertiary alicyclic amines) is 1. The highest BCUT2D eigenvalue weighted by atomic mass is 35.5. The molecule has 3 amide bonds. The summed E-state index contributed by atoms with van der Waals surface area (Å²) in [5.74, 6) is -12.3. The molecule has 0 aliphatic carbocycles. The molecule has 1 unspecified atom stereocenters. The lowest BCUT2D eigenvalue weighted by Gasteiger charge is -2.33. The summed E-state index contributed by atoms with van der Waals surface area (Å²) in [4.78, 5) is 53.0. The Hall–Kier alpha value is -3.91. The fourth-order valence-electron chi connectivity index (χ4n) is 5.02. The number of anilines is 1. The number of hydrogen-bond donors (Lipinski definition) is 3. The highest BCUT2D eigenvalue weighted by Gasteiger charge is 2.34. The summed E-state index contributed by atoms with van der Waals surface area (Å²) in [5.41, 5.74) is -0.136. The third-order valence-corrected chi connectivity index (χ3v) is 7.69. The number of esters is 1. The van der Waals surface area contributed by atoms with Gasteiger partial charge in [-0.25, -0.2) is 8.78 Å². The average molecular weight is 702 g/mol. The average Bonchev–Trinajstić information content (AvgIpc) is 2.98. The van der Waals surface area contributed by atoms with E-state index in [2.05, 4.69) is 10.6 Å². The number of aliphatic hydroxyl groups is 1. The van der Waals surface area contributed by atoms with Crippen LogP contribution in [0.3, 0.4) is 0 Å². The van der Waals surface area contributed by atoms with Crippen LogP contribution in [0, 0.1) is 29.2 Å². The highest BCUT2D eigenvalue weighted by Crippen LogP contribution is 2.32. The first-order valence-electron chi connectivity index (χ1n) is 15.2. The predicted octanol–water partition coefficient (Wildman–Crippen LogP) is 5.03. The topological polar surface area (TPSA) is 134 Å². The Kier molecular flexibility index (Phi) is 12.5. The number of halogens is 5. The van der Waals surface area contributed by atoms with E-state index in [1.807, 2.05) is 20.8 Å². The first kappa shape index (κ1) is 38.5. The van der Waals surface area contributed by atoms with E-state index >= 15 is 0 Å². The molecule has 0 bridgehead atoms. The first-order chi connectivity index (χ1) is 22.2. The van der Waals surface area contributed by atoms with E-state index in [1.165, 1.54) is 4.90 Å². The van der Waals surface area contributed by atoms with E-state index in [0.717, 1.165) is 5.56 Å². The molecule has 3 rings (SSSR count). The lowest BCUT2D eigenvalue weighted by molar-refractivity contribution is -0.156. The van der Waals surface area contributed by atoms with Gasteiger partial charge in [0.1, 0.15) is 18.3 Å². The minimum Gasteiger partial charge on any atom is -0.485 e. The Morgan fingerprint density at radius 2 is 1.56 bits per heavy atom. The van der Waals surface area contributed by atoms with E-state index in [-0.39, 0.29) is 37.4 Å². The van der Waals surface area contributed by atoms with Crippen LogP contribution in [0.4, 0.5) is 23.2 Å². The zero-order valence-electron chi connectivity index (χ0n) is 27.5. The van der Waals surface area contributed by atoms with Crippen molar-refractivity contribution in [3.05, 3.63) is 58.1 Å². The van der Waals surface area contributed by atoms with Crippen LogP contribution in [-0.2, 0) is 29.3 Å². The van der Waals surface area contributed by atoms with Gasteiger partial charge in [0.2, 0.25) is 17.5 Å². The number of rotatable bonds is 9. The van der Waals surface area contributed by atoms with Crippen LogP contribution in [0.2, 0.25) is 5.02 Å². The Labute approximate surface area is 281 Å². The molecule has 0 aromatic heterocycles. The summed E-state index contributed by atoms with van der Waals surface area (Å²) in [6, 6.07) is 3.51. The van der Waals surface area contributed by atoms with Gasteiger partial charge in [0.25, 0.3) is 0 Å². The predicted molar refractivity (Wildman–Crippen MR) is 168 cm³/mol. The molecule has 1 aliphatic rings. The largest absolute Gasteiger partial charge is 0.485 e.